The number of allylic oxidation sites excluding steroid dienone is 2. The van der Waals surface area contributed by atoms with Crippen LogP contribution in [0.4, 0.5) is 4.39 Å². The SMILES string of the molecule is C=C1NC2=C(C(=O)CCC2)C(c2cc(COc3ccc(F)cc3Cl)c(C)cc2C)C1C(=O)OC. The Morgan fingerprint density at radius 1 is 1.21 bits per heavy atom. The molecule has 0 aromatic heterocycles. The number of aryl methyl sites for hydroxylation is 2. The van der Waals surface area contributed by atoms with Gasteiger partial charge in [-0.15, -0.1) is 0 Å². The molecule has 2 aromatic rings. The zero-order valence-electron chi connectivity index (χ0n) is 19.5. The molecule has 0 saturated heterocycles. The highest BCUT2D eigenvalue weighted by Crippen LogP contribution is 2.45. The first kappa shape index (κ1) is 24.0. The van der Waals surface area contributed by atoms with Gasteiger partial charge in [-0.1, -0.05) is 30.3 Å². The number of ketones is 1. The van der Waals surface area contributed by atoms with Crippen LogP contribution in [-0.2, 0) is 20.9 Å². The zero-order chi connectivity index (χ0) is 24.6. The van der Waals surface area contributed by atoms with Gasteiger partial charge in [0.15, 0.2) is 5.78 Å². The molecule has 0 spiro atoms. The van der Waals surface area contributed by atoms with E-state index in [-0.39, 0.29) is 17.4 Å². The number of nitrogens with one attached hydrogen (secondary N) is 1. The summed E-state index contributed by atoms with van der Waals surface area (Å²) in [7, 11) is 1.34. The predicted molar refractivity (Wildman–Crippen MR) is 128 cm³/mol. The summed E-state index contributed by atoms with van der Waals surface area (Å²) >= 11 is 6.12. The molecule has 5 nitrogen and oxygen atoms in total. The summed E-state index contributed by atoms with van der Waals surface area (Å²) in [5, 5.41) is 3.40. The average Bonchev–Trinajstić information content (AvgIpc) is 2.78. The number of hydrogen-bond donors (Lipinski definition) is 1. The van der Waals surface area contributed by atoms with Gasteiger partial charge in [0.05, 0.1) is 12.1 Å². The van der Waals surface area contributed by atoms with Gasteiger partial charge in [0.2, 0.25) is 0 Å². The van der Waals surface area contributed by atoms with Crippen molar-refractivity contribution in [3.8, 4) is 5.75 Å². The number of carbonyl (C=O) groups excluding carboxylic acids is 2. The largest absolute Gasteiger partial charge is 0.487 e. The number of hydrogen-bond acceptors (Lipinski definition) is 5. The molecule has 2 unspecified atom stereocenters. The summed E-state index contributed by atoms with van der Waals surface area (Å²) in [6, 6.07) is 7.98. The number of esters is 1. The summed E-state index contributed by atoms with van der Waals surface area (Å²) in [6.07, 6.45) is 1.94. The number of carbonyl (C=O) groups is 2. The average molecular weight is 484 g/mol. The van der Waals surface area contributed by atoms with Crippen LogP contribution in [0.2, 0.25) is 5.02 Å². The van der Waals surface area contributed by atoms with Crippen molar-refractivity contribution in [2.75, 3.05) is 7.11 Å². The van der Waals surface area contributed by atoms with Crippen molar-refractivity contribution < 1.29 is 23.5 Å². The van der Waals surface area contributed by atoms with Gasteiger partial charge in [-0.2, -0.15) is 0 Å². The topological polar surface area (TPSA) is 64.6 Å². The van der Waals surface area contributed by atoms with E-state index < -0.39 is 23.6 Å². The maximum absolute atomic E-state index is 13.4. The molecule has 0 radical (unpaired) electrons. The number of methoxy groups -OCH3 is 1. The molecule has 178 valence electrons. The van der Waals surface area contributed by atoms with E-state index in [0.29, 0.717) is 23.4 Å². The van der Waals surface area contributed by atoms with E-state index in [4.69, 9.17) is 21.1 Å². The van der Waals surface area contributed by atoms with E-state index >= 15 is 0 Å². The number of ether oxygens (including phenoxy) is 2. The summed E-state index contributed by atoms with van der Waals surface area (Å²) in [5.41, 5.74) is 5.68. The second-order valence-corrected chi connectivity index (χ2v) is 9.20. The van der Waals surface area contributed by atoms with Crippen LogP contribution in [0, 0.1) is 25.6 Å². The molecule has 2 aliphatic rings. The Kier molecular flexibility index (Phi) is 6.80. The van der Waals surface area contributed by atoms with E-state index in [0.717, 1.165) is 40.8 Å². The van der Waals surface area contributed by atoms with Crippen molar-refractivity contribution in [2.24, 2.45) is 5.92 Å². The molecule has 0 amide bonds. The van der Waals surface area contributed by atoms with Gasteiger partial charge in [0.25, 0.3) is 0 Å². The second-order valence-electron chi connectivity index (χ2n) is 8.80. The molecule has 0 bridgehead atoms. The maximum Gasteiger partial charge on any atom is 0.315 e. The number of halogens is 2. The Morgan fingerprint density at radius 3 is 2.68 bits per heavy atom. The third-order valence-corrected chi connectivity index (χ3v) is 6.87. The summed E-state index contributed by atoms with van der Waals surface area (Å²) in [5.74, 6) is -1.70. The lowest BCUT2D eigenvalue weighted by molar-refractivity contribution is -0.144. The molecule has 1 N–H and O–H groups in total. The Hall–Kier alpha value is -3.12. The van der Waals surface area contributed by atoms with Gasteiger partial charge < -0.3 is 14.8 Å². The summed E-state index contributed by atoms with van der Waals surface area (Å²) < 4.78 is 24.4. The minimum atomic E-state index is -0.729. The van der Waals surface area contributed by atoms with Crippen molar-refractivity contribution in [1.82, 2.24) is 5.32 Å². The van der Waals surface area contributed by atoms with Gasteiger partial charge in [-0.25, -0.2) is 4.39 Å². The molecule has 1 aliphatic carbocycles. The molecular formula is C27H27ClFNO4. The molecule has 7 heteroatoms. The Labute approximate surface area is 203 Å². The van der Waals surface area contributed by atoms with Crippen LogP contribution in [0.1, 0.15) is 47.4 Å². The third-order valence-electron chi connectivity index (χ3n) is 6.58. The quantitative estimate of drug-likeness (QED) is 0.555. The number of rotatable bonds is 5. The first-order chi connectivity index (χ1) is 16.2. The van der Waals surface area contributed by atoms with E-state index in [1.165, 1.54) is 25.3 Å². The van der Waals surface area contributed by atoms with E-state index in [9.17, 15) is 14.0 Å². The molecular weight excluding hydrogens is 457 g/mol. The minimum absolute atomic E-state index is 0.0380. The molecule has 0 fully saturated rings. The normalized spacial score (nSPS) is 20.0. The van der Waals surface area contributed by atoms with E-state index in [1.54, 1.807) is 0 Å². The minimum Gasteiger partial charge on any atom is -0.487 e. The molecule has 0 saturated carbocycles. The molecule has 34 heavy (non-hydrogen) atoms. The lowest BCUT2D eigenvalue weighted by Gasteiger charge is -2.38. The van der Waals surface area contributed by atoms with Crippen LogP contribution in [0.3, 0.4) is 0 Å². The van der Waals surface area contributed by atoms with E-state index in [2.05, 4.69) is 11.9 Å². The maximum atomic E-state index is 13.4. The summed E-state index contributed by atoms with van der Waals surface area (Å²) in [4.78, 5) is 25.9. The molecule has 1 heterocycles. The first-order valence-electron chi connectivity index (χ1n) is 11.2. The first-order valence-corrected chi connectivity index (χ1v) is 11.6. The van der Waals surface area contributed by atoms with Crippen molar-refractivity contribution in [2.45, 2.75) is 45.6 Å². The number of benzene rings is 2. The molecule has 1 aliphatic heterocycles. The van der Waals surface area contributed by atoms with Crippen LogP contribution in [0.5, 0.6) is 5.75 Å². The highest BCUT2D eigenvalue weighted by molar-refractivity contribution is 6.32. The highest BCUT2D eigenvalue weighted by atomic mass is 35.5. The second kappa shape index (κ2) is 9.63. The van der Waals surface area contributed by atoms with Gasteiger partial charge in [0, 0.05) is 29.3 Å². The van der Waals surface area contributed by atoms with Gasteiger partial charge >= 0.3 is 5.97 Å². The fraction of sp³-hybridized carbons (Fsp3) is 0.333. The third kappa shape index (κ3) is 4.47. The zero-order valence-corrected chi connectivity index (χ0v) is 20.2. The molecule has 2 atom stereocenters. The van der Waals surface area contributed by atoms with Crippen molar-refractivity contribution >= 4 is 23.4 Å². The van der Waals surface area contributed by atoms with E-state index in [1.807, 2.05) is 26.0 Å². The molecule has 2 aromatic carbocycles. The smallest absolute Gasteiger partial charge is 0.315 e. The summed E-state index contributed by atoms with van der Waals surface area (Å²) in [6.45, 7) is 8.22. The van der Waals surface area contributed by atoms with Gasteiger partial charge in [-0.05, 0) is 67.1 Å². The molecule has 4 rings (SSSR count). The Balaban J connectivity index is 1.78. The van der Waals surface area contributed by atoms with Crippen LogP contribution in [0.25, 0.3) is 0 Å². The van der Waals surface area contributed by atoms with Gasteiger partial charge in [0.1, 0.15) is 24.1 Å². The fourth-order valence-electron chi connectivity index (χ4n) is 4.89. The standard InChI is InChI=1S/C27H27ClFNO4/c1-14-10-15(2)19(11-17(14)13-34-23-9-8-18(29)12-20(23)28)25-24(27(32)33-4)16(3)30-21-6-5-7-22(31)26(21)25/h8-12,24-25,30H,3,5-7,13H2,1-2,4H3. The van der Waals surface area contributed by atoms with Crippen molar-refractivity contribution in [1.29, 1.82) is 0 Å². The Bertz CT molecular complexity index is 1220. The van der Waals surface area contributed by atoms with Crippen molar-refractivity contribution in [3.05, 3.63) is 87.0 Å². The fourth-order valence-corrected chi connectivity index (χ4v) is 5.11. The van der Waals surface area contributed by atoms with Crippen LogP contribution < -0.4 is 10.1 Å². The lowest BCUT2D eigenvalue weighted by atomic mass is 9.70. The predicted octanol–water partition coefficient (Wildman–Crippen LogP) is 5.67. The monoisotopic (exact) mass is 483 g/mol. The van der Waals surface area contributed by atoms with Crippen LogP contribution >= 0.6 is 11.6 Å². The number of Topliss-reactive ketones (excluding diaryl/α,β-unsaturated/α-hetero) is 1. The van der Waals surface area contributed by atoms with Crippen molar-refractivity contribution in [3.63, 3.8) is 0 Å². The van der Waals surface area contributed by atoms with Crippen LogP contribution in [0.15, 0.2) is 53.9 Å². The van der Waals surface area contributed by atoms with Crippen LogP contribution in [-0.4, -0.2) is 18.9 Å². The van der Waals surface area contributed by atoms with Gasteiger partial charge in [-0.3, -0.25) is 9.59 Å². The lowest BCUT2D eigenvalue weighted by Crippen LogP contribution is -2.41. The highest BCUT2D eigenvalue weighted by Gasteiger charge is 2.44. The Morgan fingerprint density at radius 2 is 1.97 bits per heavy atom.